The largest absolute Gasteiger partial charge is 0.493 e. The molecule has 2 heterocycles. The van der Waals surface area contributed by atoms with Gasteiger partial charge in [-0.25, -0.2) is 9.78 Å². The predicted octanol–water partition coefficient (Wildman–Crippen LogP) is 4.01. The normalized spacial score (nSPS) is 10.5. The number of likely N-dealkylation sites (N-methyl/N-ethyl adjacent to an activating group) is 1. The maximum atomic E-state index is 12.5. The van der Waals surface area contributed by atoms with E-state index < -0.39 is 5.97 Å². The Kier molecular flexibility index (Phi) is 7.07. The molecule has 2 aromatic heterocycles. The number of benzene rings is 1. The Morgan fingerprint density at radius 1 is 1.13 bits per heavy atom. The Labute approximate surface area is 182 Å². The second-order valence-corrected chi connectivity index (χ2v) is 8.44. The number of thiazole rings is 1. The molecule has 0 spiro atoms. The van der Waals surface area contributed by atoms with Gasteiger partial charge in [-0.15, -0.1) is 22.7 Å². The average Bonchev–Trinajstić information content (AvgIpc) is 3.40. The molecule has 0 bridgehead atoms. The van der Waals surface area contributed by atoms with Gasteiger partial charge in [0, 0.05) is 17.5 Å². The van der Waals surface area contributed by atoms with Crippen molar-refractivity contribution in [3.63, 3.8) is 0 Å². The van der Waals surface area contributed by atoms with E-state index in [1.54, 1.807) is 51.7 Å². The van der Waals surface area contributed by atoms with Crippen LogP contribution >= 0.6 is 22.7 Å². The van der Waals surface area contributed by atoms with Gasteiger partial charge < -0.3 is 19.1 Å². The third-order valence-corrected chi connectivity index (χ3v) is 6.39. The molecular weight excluding hydrogens is 424 g/mol. The highest BCUT2D eigenvalue weighted by atomic mass is 32.1. The van der Waals surface area contributed by atoms with Crippen LogP contribution in [-0.2, 0) is 16.1 Å². The molecule has 0 saturated heterocycles. The van der Waals surface area contributed by atoms with Gasteiger partial charge in [0.2, 0.25) is 0 Å². The van der Waals surface area contributed by atoms with E-state index in [1.165, 1.54) is 16.2 Å². The number of amides is 1. The van der Waals surface area contributed by atoms with Crippen molar-refractivity contribution in [1.82, 2.24) is 9.88 Å². The zero-order valence-electron chi connectivity index (χ0n) is 17.1. The number of esters is 1. The Morgan fingerprint density at radius 2 is 1.90 bits per heavy atom. The molecule has 3 rings (SSSR count). The minimum absolute atomic E-state index is 0.265. The number of aryl methyl sites for hydroxylation is 1. The highest BCUT2D eigenvalue weighted by Gasteiger charge is 2.20. The van der Waals surface area contributed by atoms with E-state index in [9.17, 15) is 9.59 Å². The third kappa shape index (κ3) is 4.98. The molecule has 30 heavy (non-hydrogen) atoms. The zero-order valence-corrected chi connectivity index (χ0v) is 18.8. The summed E-state index contributed by atoms with van der Waals surface area (Å²) in [7, 11) is 4.81. The molecule has 0 radical (unpaired) electrons. The van der Waals surface area contributed by atoms with Crippen molar-refractivity contribution in [3.8, 4) is 22.1 Å². The Hall–Kier alpha value is -2.91. The number of rotatable bonds is 8. The molecule has 7 nitrogen and oxygen atoms in total. The van der Waals surface area contributed by atoms with Gasteiger partial charge in [0.05, 0.1) is 26.5 Å². The van der Waals surface area contributed by atoms with E-state index in [0.29, 0.717) is 33.6 Å². The first-order valence-electron chi connectivity index (χ1n) is 9.06. The third-order valence-electron chi connectivity index (χ3n) is 4.34. The molecule has 0 aliphatic rings. The molecule has 1 amide bonds. The van der Waals surface area contributed by atoms with Gasteiger partial charge in [-0.05, 0) is 36.6 Å². The fourth-order valence-electron chi connectivity index (χ4n) is 2.71. The predicted molar refractivity (Wildman–Crippen MR) is 116 cm³/mol. The quantitative estimate of drug-likeness (QED) is 0.487. The van der Waals surface area contributed by atoms with E-state index in [4.69, 9.17) is 14.2 Å². The van der Waals surface area contributed by atoms with E-state index in [0.717, 1.165) is 10.4 Å². The number of carbonyl (C=O) groups is 2. The van der Waals surface area contributed by atoms with E-state index >= 15 is 0 Å². The Balaban J connectivity index is 1.66. The summed E-state index contributed by atoms with van der Waals surface area (Å²) in [6.45, 7) is 1.91. The van der Waals surface area contributed by atoms with Crippen molar-refractivity contribution in [2.75, 3.05) is 27.9 Å². The molecule has 9 heteroatoms. The molecule has 0 aliphatic carbocycles. The lowest BCUT2D eigenvalue weighted by Crippen LogP contribution is -2.30. The Morgan fingerprint density at radius 3 is 2.57 bits per heavy atom. The van der Waals surface area contributed by atoms with Crippen LogP contribution in [0, 0.1) is 6.92 Å². The molecule has 0 atom stereocenters. The molecule has 3 aromatic rings. The van der Waals surface area contributed by atoms with Crippen LogP contribution in [0.4, 0.5) is 0 Å². The lowest BCUT2D eigenvalue weighted by molar-refractivity contribution is -0.133. The minimum Gasteiger partial charge on any atom is -0.493 e. The summed E-state index contributed by atoms with van der Waals surface area (Å²) in [5, 5.41) is 2.61. The maximum Gasteiger partial charge on any atom is 0.350 e. The van der Waals surface area contributed by atoms with Crippen LogP contribution < -0.4 is 9.47 Å². The summed E-state index contributed by atoms with van der Waals surface area (Å²) in [6.07, 6.45) is 0. The second-order valence-electron chi connectivity index (χ2n) is 6.41. The summed E-state index contributed by atoms with van der Waals surface area (Å²) >= 11 is 2.78. The first-order valence-corrected chi connectivity index (χ1v) is 10.8. The zero-order chi connectivity index (χ0) is 21.7. The highest BCUT2D eigenvalue weighted by Crippen LogP contribution is 2.35. The van der Waals surface area contributed by atoms with Crippen LogP contribution in [0.15, 0.2) is 35.7 Å². The van der Waals surface area contributed by atoms with Crippen molar-refractivity contribution < 1.29 is 23.8 Å². The monoisotopic (exact) mass is 446 g/mol. The number of nitrogens with zero attached hydrogens (tertiary/aromatic N) is 2. The van der Waals surface area contributed by atoms with Gasteiger partial charge in [-0.3, -0.25) is 4.79 Å². The minimum atomic E-state index is -0.561. The fourth-order valence-corrected chi connectivity index (χ4v) is 4.42. The lowest BCUT2D eigenvalue weighted by Gasteiger charge is -2.15. The van der Waals surface area contributed by atoms with E-state index in [1.807, 2.05) is 23.6 Å². The first kappa shape index (κ1) is 21.8. The SMILES string of the molecule is COc1ccc(-c2nc(C)c(C(=O)OCC(=O)N(C)Cc3cccs3)s2)cc1OC. The summed E-state index contributed by atoms with van der Waals surface area (Å²) in [6, 6.07) is 9.32. The summed E-state index contributed by atoms with van der Waals surface area (Å²) < 4.78 is 15.8. The molecule has 1 aromatic carbocycles. The molecule has 158 valence electrons. The number of aromatic nitrogens is 1. The lowest BCUT2D eigenvalue weighted by atomic mass is 10.2. The first-order chi connectivity index (χ1) is 14.4. The van der Waals surface area contributed by atoms with E-state index in [-0.39, 0.29) is 12.5 Å². The van der Waals surface area contributed by atoms with E-state index in [2.05, 4.69) is 4.98 Å². The summed E-state index contributed by atoms with van der Waals surface area (Å²) in [5.41, 5.74) is 1.35. The van der Waals surface area contributed by atoms with Crippen LogP contribution in [0.2, 0.25) is 0 Å². The smallest absolute Gasteiger partial charge is 0.350 e. The van der Waals surface area contributed by atoms with Crippen molar-refractivity contribution >= 4 is 34.6 Å². The van der Waals surface area contributed by atoms with Crippen molar-refractivity contribution in [2.45, 2.75) is 13.5 Å². The fraction of sp³-hybridized carbons (Fsp3) is 0.286. The molecule has 0 unspecified atom stereocenters. The van der Waals surface area contributed by atoms with Gasteiger partial charge in [0.15, 0.2) is 18.1 Å². The van der Waals surface area contributed by atoms with Crippen LogP contribution in [0.25, 0.3) is 10.6 Å². The van der Waals surface area contributed by atoms with Gasteiger partial charge >= 0.3 is 5.97 Å². The average molecular weight is 447 g/mol. The van der Waals surface area contributed by atoms with Gasteiger partial charge in [0.1, 0.15) is 9.88 Å². The molecule has 0 saturated carbocycles. The second kappa shape index (κ2) is 9.73. The number of thiophene rings is 1. The number of methoxy groups -OCH3 is 2. The van der Waals surface area contributed by atoms with Crippen molar-refractivity contribution in [1.29, 1.82) is 0 Å². The van der Waals surface area contributed by atoms with Crippen LogP contribution in [0.1, 0.15) is 20.2 Å². The molecular formula is C21H22N2O5S2. The number of carbonyl (C=O) groups excluding carboxylic acids is 2. The van der Waals surface area contributed by atoms with Crippen LogP contribution in [-0.4, -0.2) is 49.6 Å². The summed E-state index contributed by atoms with van der Waals surface area (Å²) in [5.74, 6) is 0.360. The molecule has 0 fully saturated rings. The Bertz CT molecular complexity index is 1030. The standard InChI is InChI=1S/C21H22N2O5S2/c1-13-19(21(25)28-12-18(24)23(2)11-15-6-5-9-29-15)30-20(22-13)14-7-8-16(26-3)17(10-14)27-4/h5-10H,11-12H2,1-4H3. The number of ether oxygens (including phenoxy) is 3. The molecule has 0 N–H and O–H groups in total. The van der Waals surface area contributed by atoms with Crippen molar-refractivity contribution in [3.05, 3.63) is 51.2 Å². The van der Waals surface area contributed by atoms with Gasteiger partial charge in [-0.1, -0.05) is 6.07 Å². The van der Waals surface area contributed by atoms with Crippen molar-refractivity contribution in [2.24, 2.45) is 0 Å². The van der Waals surface area contributed by atoms with Gasteiger partial charge in [-0.2, -0.15) is 0 Å². The summed E-state index contributed by atoms with van der Waals surface area (Å²) in [4.78, 5) is 32.2. The molecule has 0 aliphatic heterocycles. The number of hydrogen-bond acceptors (Lipinski definition) is 8. The highest BCUT2D eigenvalue weighted by molar-refractivity contribution is 7.17. The van der Waals surface area contributed by atoms with Crippen LogP contribution in [0.3, 0.4) is 0 Å². The topological polar surface area (TPSA) is 78.0 Å². The van der Waals surface area contributed by atoms with Gasteiger partial charge in [0.25, 0.3) is 5.91 Å². The maximum absolute atomic E-state index is 12.5. The van der Waals surface area contributed by atoms with Crippen LogP contribution in [0.5, 0.6) is 11.5 Å². The number of hydrogen-bond donors (Lipinski definition) is 0.